The minimum Gasteiger partial charge on any atom is -0.433 e. The smallest absolute Gasteiger partial charge is 0.387 e. The van der Waals surface area contributed by atoms with Gasteiger partial charge in [-0.1, -0.05) is 23.9 Å². The average Bonchev–Trinajstić information content (AvgIpc) is 2.47. The molecule has 0 spiro atoms. The Morgan fingerprint density at radius 1 is 1.25 bits per heavy atom. The van der Waals surface area contributed by atoms with Crippen molar-refractivity contribution in [2.45, 2.75) is 23.9 Å². The molecule has 1 heterocycles. The van der Waals surface area contributed by atoms with Crippen LogP contribution in [0.5, 0.6) is 5.75 Å². The third-order valence-electron chi connectivity index (χ3n) is 2.76. The number of nitrogen functional groups attached to an aromatic ring is 2. The van der Waals surface area contributed by atoms with Crippen LogP contribution in [0.25, 0.3) is 0 Å². The van der Waals surface area contributed by atoms with Crippen molar-refractivity contribution in [2.24, 2.45) is 0 Å². The van der Waals surface area contributed by atoms with Gasteiger partial charge in [-0.2, -0.15) is 8.78 Å². The van der Waals surface area contributed by atoms with Crippen LogP contribution in [0.4, 0.5) is 26.1 Å². The van der Waals surface area contributed by atoms with Gasteiger partial charge in [-0.3, -0.25) is 4.79 Å². The number of anilines is 3. The van der Waals surface area contributed by atoms with E-state index in [0.717, 1.165) is 11.8 Å². The summed E-state index contributed by atoms with van der Waals surface area (Å²) in [5, 5.41) is 2.15. The second kappa shape index (κ2) is 7.77. The molecule has 24 heavy (non-hydrogen) atoms. The molecule has 0 aliphatic carbocycles. The molecule has 7 nitrogen and oxygen atoms in total. The summed E-state index contributed by atoms with van der Waals surface area (Å²) in [4.78, 5) is 20.2. The van der Waals surface area contributed by atoms with Crippen molar-refractivity contribution in [2.75, 3.05) is 16.8 Å². The van der Waals surface area contributed by atoms with E-state index in [4.69, 9.17) is 11.5 Å². The summed E-state index contributed by atoms with van der Waals surface area (Å²) in [6.07, 6.45) is 0. The van der Waals surface area contributed by atoms with Crippen molar-refractivity contribution < 1.29 is 18.3 Å². The average molecular weight is 355 g/mol. The van der Waals surface area contributed by atoms with Crippen molar-refractivity contribution >= 4 is 35.0 Å². The molecule has 1 aromatic carbocycles. The van der Waals surface area contributed by atoms with Crippen molar-refractivity contribution in [3.8, 4) is 5.75 Å². The number of amides is 1. The van der Waals surface area contributed by atoms with Crippen LogP contribution in [0.3, 0.4) is 0 Å². The number of thioether (sulfide) groups is 1. The van der Waals surface area contributed by atoms with Crippen LogP contribution < -0.4 is 21.5 Å². The van der Waals surface area contributed by atoms with E-state index in [9.17, 15) is 13.6 Å². The van der Waals surface area contributed by atoms with Gasteiger partial charge in [-0.25, -0.2) is 9.97 Å². The van der Waals surface area contributed by atoms with E-state index in [2.05, 4.69) is 20.0 Å². The minimum absolute atomic E-state index is 0.123. The zero-order valence-electron chi connectivity index (χ0n) is 12.6. The Labute approximate surface area is 140 Å². The highest BCUT2D eigenvalue weighted by Crippen LogP contribution is 2.27. The highest BCUT2D eigenvalue weighted by Gasteiger charge is 2.19. The van der Waals surface area contributed by atoms with Gasteiger partial charge in [0.2, 0.25) is 5.91 Å². The zero-order valence-corrected chi connectivity index (χ0v) is 13.4. The molecule has 1 atom stereocenters. The van der Waals surface area contributed by atoms with E-state index in [-0.39, 0.29) is 28.2 Å². The van der Waals surface area contributed by atoms with Gasteiger partial charge in [0.25, 0.3) is 0 Å². The van der Waals surface area contributed by atoms with Crippen LogP contribution >= 0.6 is 11.8 Å². The Balaban J connectivity index is 2.06. The number of benzene rings is 1. The molecule has 10 heteroatoms. The van der Waals surface area contributed by atoms with Gasteiger partial charge >= 0.3 is 6.61 Å². The Morgan fingerprint density at radius 2 is 1.88 bits per heavy atom. The summed E-state index contributed by atoms with van der Waals surface area (Å²) in [6, 6.07) is 7.30. The monoisotopic (exact) mass is 355 g/mol. The minimum atomic E-state index is -2.99. The maximum absolute atomic E-state index is 12.4. The maximum Gasteiger partial charge on any atom is 0.387 e. The van der Waals surface area contributed by atoms with Crippen molar-refractivity contribution in [1.82, 2.24) is 9.97 Å². The number of nitrogens with one attached hydrogen (secondary N) is 1. The molecule has 5 N–H and O–H groups in total. The third-order valence-corrected chi connectivity index (χ3v) is 3.72. The number of halogens is 2. The van der Waals surface area contributed by atoms with Gasteiger partial charge in [0, 0.05) is 6.07 Å². The number of nitrogens with two attached hydrogens (primary N) is 2. The highest BCUT2D eigenvalue weighted by atomic mass is 32.2. The summed E-state index contributed by atoms with van der Waals surface area (Å²) >= 11 is 1.04. The number of nitrogens with zero attached hydrogens (tertiary/aromatic N) is 2. The lowest BCUT2D eigenvalue weighted by molar-refractivity contribution is -0.115. The largest absolute Gasteiger partial charge is 0.433 e. The SMILES string of the molecule is CC(Sc1nc(N)cc(N)n1)C(=O)Nc1ccccc1OC(F)F. The lowest BCUT2D eigenvalue weighted by Gasteiger charge is -2.14. The Kier molecular flexibility index (Phi) is 5.74. The summed E-state index contributed by atoms with van der Waals surface area (Å²) in [5.41, 5.74) is 11.3. The molecule has 1 unspecified atom stereocenters. The van der Waals surface area contributed by atoms with E-state index in [0.29, 0.717) is 0 Å². The second-order valence-electron chi connectivity index (χ2n) is 4.62. The molecule has 128 valence electrons. The Hall–Kier alpha value is -2.62. The fourth-order valence-corrected chi connectivity index (χ4v) is 2.53. The lowest BCUT2D eigenvalue weighted by Crippen LogP contribution is -2.23. The van der Waals surface area contributed by atoms with Gasteiger partial charge in [-0.05, 0) is 19.1 Å². The standard InChI is InChI=1S/C14H15F2N5O2S/c1-7(24-14-20-10(17)6-11(18)21-14)12(22)19-8-4-2-3-5-9(8)23-13(15)16/h2-7,13H,1H3,(H,19,22)(H4,17,18,20,21). The number of hydrogen-bond acceptors (Lipinski definition) is 7. The summed E-state index contributed by atoms with van der Waals surface area (Å²) < 4.78 is 29.1. The quantitative estimate of drug-likeness (QED) is 0.538. The number of ether oxygens (including phenoxy) is 1. The first-order chi connectivity index (χ1) is 11.3. The summed E-state index contributed by atoms with van der Waals surface area (Å²) in [5.74, 6) is -0.181. The predicted molar refractivity (Wildman–Crippen MR) is 87.9 cm³/mol. The van der Waals surface area contributed by atoms with Gasteiger partial charge in [0.05, 0.1) is 10.9 Å². The van der Waals surface area contributed by atoms with Crippen molar-refractivity contribution in [3.63, 3.8) is 0 Å². The fraction of sp³-hybridized carbons (Fsp3) is 0.214. The first-order valence-corrected chi connectivity index (χ1v) is 7.64. The molecule has 1 aromatic heterocycles. The molecule has 0 fully saturated rings. The molecule has 0 radical (unpaired) electrons. The fourth-order valence-electron chi connectivity index (χ4n) is 1.73. The Bertz CT molecular complexity index is 712. The number of para-hydroxylation sites is 2. The molecular formula is C14H15F2N5O2S. The van der Waals surface area contributed by atoms with Crippen LogP contribution in [0.15, 0.2) is 35.5 Å². The molecule has 1 amide bonds. The van der Waals surface area contributed by atoms with Crippen LogP contribution in [-0.2, 0) is 4.79 Å². The number of aromatic nitrogens is 2. The van der Waals surface area contributed by atoms with Crippen LogP contribution in [0.2, 0.25) is 0 Å². The first kappa shape index (κ1) is 17.7. The van der Waals surface area contributed by atoms with E-state index >= 15 is 0 Å². The van der Waals surface area contributed by atoms with Gasteiger partial charge < -0.3 is 21.5 Å². The van der Waals surface area contributed by atoms with E-state index in [1.807, 2.05) is 0 Å². The molecular weight excluding hydrogens is 340 g/mol. The van der Waals surface area contributed by atoms with Crippen LogP contribution in [0.1, 0.15) is 6.92 Å². The molecule has 0 saturated carbocycles. The van der Waals surface area contributed by atoms with E-state index in [1.54, 1.807) is 13.0 Å². The van der Waals surface area contributed by atoms with E-state index < -0.39 is 17.8 Å². The van der Waals surface area contributed by atoms with Crippen molar-refractivity contribution in [1.29, 1.82) is 0 Å². The lowest BCUT2D eigenvalue weighted by atomic mass is 10.3. The van der Waals surface area contributed by atoms with Gasteiger partial charge in [-0.15, -0.1) is 0 Å². The zero-order chi connectivity index (χ0) is 17.7. The number of carbonyl (C=O) groups excluding carboxylic acids is 1. The number of hydrogen-bond donors (Lipinski definition) is 3. The third kappa shape index (κ3) is 4.95. The normalized spacial score (nSPS) is 12.0. The van der Waals surface area contributed by atoms with Crippen LogP contribution in [-0.4, -0.2) is 27.7 Å². The molecule has 2 rings (SSSR count). The molecule has 2 aromatic rings. The van der Waals surface area contributed by atoms with E-state index in [1.165, 1.54) is 24.3 Å². The topological polar surface area (TPSA) is 116 Å². The number of carbonyl (C=O) groups is 1. The molecule has 0 aliphatic rings. The second-order valence-corrected chi connectivity index (χ2v) is 5.93. The maximum atomic E-state index is 12.4. The van der Waals surface area contributed by atoms with Gasteiger partial charge in [0.15, 0.2) is 5.16 Å². The number of rotatable bonds is 6. The highest BCUT2D eigenvalue weighted by molar-refractivity contribution is 8.00. The molecule has 0 bridgehead atoms. The summed E-state index contributed by atoms with van der Waals surface area (Å²) in [6.45, 7) is -1.38. The van der Waals surface area contributed by atoms with Crippen LogP contribution in [0, 0.1) is 0 Å². The Morgan fingerprint density at radius 3 is 2.50 bits per heavy atom. The molecule has 0 aliphatic heterocycles. The van der Waals surface area contributed by atoms with Gasteiger partial charge in [0.1, 0.15) is 17.4 Å². The first-order valence-electron chi connectivity index (χ1n) is 6.76. The molecule has 0 saturated heterocycles. The predicted octanol–water partition coefficient (Wildman–Crippen LogP) is 2.36. The van der Waals surface area contributed by atoms with Crippen molar-refractivity contribution in [3.05, 3.63) is 30.3 Å². The number of alkyl halides is 2. The summed E-state index contributed by atoms with van der Waals surface area (Å²) in [7, 11) is 0.